The number of aromatic hydroxyl groups is 1. The highest BCUT2D eigenvalue weighted by Gasteiger charge is 2.30. The van der Waals surface area contributed by atoms with Gasteiger partial charge in [0.2, 0.25) is 0 Å². The summed E-state index contributed by atoms with van der Waals surface area (Å²) >= 11 is 0. The van der Waals surface area contributed by atoms with Crippen molar-refractivity contribution in [3.05, 3.63) is 35.7 Å². The van der Waals surface area contributed by atoms with Crippen LogP contribution >= 0.6 is 0 Å². The quantitative estimate of drug-likeness (QED) is 0.833. The second-order valence-electron chi connectivity index (χ2n) is 4.33. The summed E-state index contributed by atoms with van der Waals surface area (Å²) in [7, 11) is 0. The minimum atomic E-state index is 0.241. The Kier molecular flexibility index (Phi) is 2.33. The summed E-state index contributed by atoms with van der Waals surface area (Å²) in [6.07, 6.45) is 2.36. The van der Waals surface area contributed by atoms with Crippen LogP contribution in [0.4, 0.5) is 0 Å². The SMILES string of the molecule is NCc1c(C2CC2)nnn1-c1ccc(O)cc1. The molecule has 0 atom stereocenters. The van der Waals surface area contributed by atoms with Gasteiger partial charge >= 0.3 is 0 Å². The minimum absolute atomic E-state index is 0.241. The van der Waals surface area contributed by atoms with Crippen LogP contribution in [-0.4, -0.2) is 20.1 Å². The standard InChI is InChI=1S/C12H14N4O/c13-7-11-12(8-1-2-8)14-15-16(11)9-3-5-10(17)6-4-9/h3-6,8,17H,1-2,7,13H2. The predicted molar refractivity (Wildman–Crippen MR) is 62.9 cm³/mol. The second kappa shape index (κ2) is 3.85. The average Bonchev–Trinajstić information content (AvgIpc) is 3.10. The first-order valence-electron chi connectivity index (χ1n) is 5.73. The Morgan fingerprint density at radius 2 is 2.00 bits per heavy atom. The molecule has 1 fully saturated rings. The summed E-state index contributed by atoms with van der Waals surface area (Å²) in [5.41, 5.74) is 8.65. The molecule has 0 bridgehead atoms. The van der Waals surface area contributed by atoms with Crippen LogP contribution in [-0.2, 0) is 6.54 Å². The molecule has 17 heavy (non-hydrogen) atoms. The summed E-state index contributed by atoms with van der Waals surface area (Å²) < 4.78 is 1.76. The molecule has 0 radical (unpaired) electrons. The highest BCUT2D eigenvalue weighted by Crippen LogP contribution is 2.40. The van der Waals surface area contributed by atoms with Gasteiger partial charge in [0, 0.05) is 12.5 Å². The topological polar surface area (TPSA) is 77.0 Å². The van der Waals surface area contributed by atoms with E-state index >= 15 is 0 Å². The first-order valence-corrected chi connectivity index (χ1v) is 5.73. The second-order valence-corrected chi connectivity index (χ2v) is 4.33. The van der Waals surface area contributed by atoms with E-state index in [0.717, 1.165) is 17.1 Å². The average molecular weight is 230 g/mol. The first kappa shape index (κ1) is 10.3. The van der Waals surface area contributed by atoms with Crippen molar-refractivity contribution in [1.29, 1.82) is 0 Å². The van der Waals surface area contributed by atoms with Gasteiger partial charge in [-0.05, 0) is 37.1 Å². The van der Waals surface area contributed by atoms with Gasteiger partial charge in [-0.25, -0.2) is 4.68 Å². The molecule has 3 N–H and O–H groups in total. The van der Waals surface area contributed by atoms with Crippen LogP contribution in [0.2, 0.25) is 0 Å². The van der Waals surface area contributed by atoms with Crippen LogP contribution < -0.4 is 5.73 Å². The number of aromatic nitrogens is 3. The number of benzene rings is 1. The molecule has 3 rings (SSSR count). The van der Waals surface area contributed by atoms with Gasteiger partial charge in [0.05, 0.1) is 17.1 Å². The van der Waals surface area contributed by atoms with Crippen LogP contribution in [0.15, 0.2) is 24.3 Å². The monoisotopic (exact) mass is 230 g/mol. The smallest absolute Gasteiger partial charge is 0.115 e. The van der Waals surface area contributed by atoms with E-state index in [1.54, 1.807) is 28.9 Å². The van der Waals surface area contributed by atoms with Crippen molar-refractivity contribution in [3.8, 4) is 11.4 Å². The van der Waals surface area contributed by atoms with Crippen molar-refractivity contribution >= 4 is 0 Å². The lowest BCUT2D eigenvalue weighted by Gasteiger charge is -2.05. The zero-order chi connectivity index (χ0) is 11.8. The maximum Gasteiger partial charge on any atom is 0.115 e. The van der Waals surface area contributed by atoms with Crippen molar-refractivity contribution in [2.24, 2.45) is 5.73 Å². The van der Waals surface area contributed by atoms with Gasteiger partial charge in [-0.3, -0.25) is 0 Å². The molecular formula is C12H14N4O. The van der Waals surface area contributed by atoms with Gasteiger partial charge in [0.25, 0.3) is 0 Å². The lowest BCUT2D eigenvalue weighted by Crippen LogP contribution is -2.08. The van der Waals surface area contributed by atoms with Crippen LogP contribution in [0.1, 0.15) is 30.1 Å². The number of nitrogens with two attached hydrogens (primary N) is 1. The number of hydrogen-bond acceptors (Lipinski definition) is 4. The molecule has 1 saturated carbocycles. The third kappa shape index (κ3) is 1.78. The van der Waals surface area contributed by atoms with Gasteiger partial charge in [-0.2, -0.15) is 0 Å². The number of nitrogens with zero attached hydrogens (tertiary/aromatic N) is 3. The molecular weight excluding hydrogens is 216 g/mol. The van der Waals surface area contributed by atoms with E-state index in [1.807, 2.05) is 0 Å². The molecule has 1 aliphatic carbocycles. The molecule has 1 aromatic carbocycles. The summed E-state index contributed by atoms with van der Waals surface area (Å²) in [5, 5.41) is 17.6. The number of phenolic OH excluding ortho intramolecular Hbond substituents is 1. The Hall–Kier alpha value is -1.88. The lowest BCUT2D eigenvalue weighted by atomic mass is 10.2. The third-order valence-corrected chi connectivity index (χ3v) is 3.04. The van der Waals surface area contributed by atoms with Crippen molar-refractivity contribution in [1.82, 2.24) is 15.0 Å². The van der Waals surface area contributed by atoms with Gasteiger partial charge in [-0.15, -0.1) is 5.10 Å². The number of rotatable bonds is 3. The lowest BCUT2D eigenvalue weighted by molar-refractivity contribution is 0.475. The van der Waals surface area contributed by atoms with Crippen LogP contribution in [0.3, 0.4) is 0 Å². The van der Waals surface area contributed by atoms with Crippen molar-refractivity contribution in [2.45, 2.75) is 25.3 Å². The molecule has 1 aliphatic rings. The normalized spacial score (nSPS) is 15.1. The molecule has 0 aliphatic heterocycles. The van der Waals surface area contributed by atoms with Crippen LogP contribution in [0, 0.1) is 0 Å². The van der Waals surface area contributed by atoms with Gasteiger partial charge in [0.15, 0.2) is 0 Å². The molecule has 88 valence electrons. The maximum atomic E-state index is 9.26. The Labute approximate surface area is 98.9 Å². The highest BCUT2D eigenvalue weighted by molar-refractivity contribution is 5.38. The molecule has 0 unspecified atom stereocenters. The van der Waals surface area contributed by atoms with Gasteiger partial charge in [-0.1, -0.05) is 5.21 Å². The van der Waals surface area contributed by atoms with E-state index in [4.69, 9.17) is 5.73 Å². The fourth-order valence-corrected chi connectivity index (χ4v) is 1.98. The Bertz CT molecular complexity index is 528. The molecule has 1 aromatic heterocycles. The van der Waals surface area contributed by atoms with E-state index < -0.39 is 0 Å². The van der Waals surface area contributed by atoms with Crippen LogP contribution in [0.25, 0.3) is 5.69 Å². The van der Waals surface area contributed by atoms with E-state index in [9.17, 15) is 5.11 Å². The summed E-state index contributed by atoms with van der Waals surface area (Å²) in [6, 6.07) is 6.88. The Morgan fingerprint density at radius 1 is 1.29 bits per heavy atom. The van der Waals surface area contributed by atoms with Crippen LogP contribution in [0.5, 0.6) is 5.75 Å². The van der Waals surface area contributed by atoms with E-state index in [0.29, 0.717) is 12.5 Å². The molecule has 5 nitrogen and oxygen atoms in total. The minimum Gasteiger partial charge on any atom is -0.508 e. The fraction of sp³-hybridized carbons (Fsp3) is 0.333. The molecule has 5 heteroatoms. The zero-order valence-electron chi connectivity index (χ0n) is 9.37. The Balaban J connectivity index is 2.04. The summed E-state index contributed by atoms with van der Waals surface area (Å²) in [5.74, 6) is 0.782. The molecule has 2 aromatic rings. The number of phenols is 1. The largest absolute Gasteiger partial charge is 0.508 e. The maximum absolute atomic E-state index is 9.26. The molecule has 0 amide bonds. The first-order chi connectivity index (χ1) is 8.29. The molecule has 1 heterocycles. The van der Waals surface area contributed by atoms with E-state index in [-0.39, 0.29) is 5.75 Å². The van der Waals surface area contributed by atoms with E-state index in [2.05, 4.69) is 10.3 Å². The van der Waals surface area contributed by atoms with Crippen molar-refractivity contribution in [3.63, 3.8) is 0 Å². The van der Waals surface area contributed by atoms with E-state index in [1.165, 1.54) is 12.8 Å². The molecule has 0 spiro atoms. The van der Waals surface area contributed by atoms with Crippen molar-refractivity contribution in [2.75, 3.05) is 0 Å². The third-order valence-electron chi connectivity index (χ3n) is 3.04. The van der Waals surface area contributed by atoms with Gasteiger partial charge < -0.3 is 10.8 Å². The predicted octanol–water partition coefficient (Wildman–Crippen LogP) is 1.31. The van der Waals surface area contributed by atoms with Gasteiger partial charge in [0.1, 0.15) is 5.75 Å². The molecule has 0 saturated heterocycles. The summed E-state index contributed by atoms with van der Waals surface area (Å²) in [4.78, 5) is 0. The zero-order valence-corrected chi connectivity index (χ0v) is 9.37. The highest BCUT2D eigenvalue weighted by atomic mass is 16.3. The number of hydrogen-bond donors (Lipinski definition) is 2. The Morgan fingerprint density at radius 3 is 2.59 bits per heavy atom. The fourth-order valence-electron chi connectivity index (χ4n) is 1.98. The summed E-state index contributed by atoms with van der Waals surface area (Å²) in [6.45, 7) is 0.430. The van der Waals surface area contributed by atoms with Crippen molar-refractivity contribution < 1.29 is 5.11 Å².